The second-order valence-corrected chi connectivity index (χ2v) is 7.63. The quantitative estimate of drug-likeness (QED) is 0.662. The molecule has 0 aromatic heterocycles. The summed E-state index contributed by atoms with van der Waals surface area (Å²) in [6.45, 7) is 0.599. The highest BCUT2D eigenvalue weighted by molar-refractivity contribution is 5.78. The first-order valence-corrected chi connectivity index (χ1v) is 10.4. The second kappa shape index (κ2) is 10.8. The molecule has 0 bridgehead atoms. The van der Waals surface area contributed by atoms with Gasteiger partial charge in [-0.15, -0.1) is 0 Å². The fourth-order valence-electron chi connectivity index (χ4n) is 4.16. The summed E-state index contributed by atoms with van der Waals surface area (Å²) < 4.78 is 15.6. The molecule has 0 atom stereocenters. The van der Waals surface area contributed by atoms with Gasteiger partial charge >= 0.3 is 5.97 Å². The van der Waals surface area contributed by atoms with Gasteiger partial charge in [0.2, 0.25) is 5.91 Å². The monoisotopic (exact) mass is 427 g/mol. The number of piperidine rings is 1. The normalized spacial score (nSPS) is 14.5. The van der Waals surface area contributed by atoms with Gasteiger partial charge in [-0.3, -0.25) is 4.79 Å². The molecule has 1 amide bonds. The van der Waals surface area contributed by atoms with Gasteiger partial charge in [0, 0.05) is 19.0 Å². The number of carboxylic acids is 1. The van der Waals surface area contributed by atoms with E-state index in [1.165, 1.54) is 11.1 Å². The number of likely N-dealkylation sites (tertiary alicyclic amines) is 1. The van der Waals surface area contributed by atoms with Crippen molar-refractivity contribution in [1.82, 2.24) is 4.90 Å². The van der Waals surface area contributed by atoms with Crippen LogP contribution in [0.3, 0.4) is 0 Å². The predicted molar refractivity (Wildman–Crippen MR) is 116 cm³/mol. The first-order chi connectivity index (χ1) is 15.0. The van der Waals surface area contributed by atoms with E-state index in [2.05, 4.69) is 24.3 Å². The topological polar surface area (TPSA) is 85.3 Å². The first kappa shape index (κ1) is 22.6. The molecule has 0 saturated carbocycles. The highest BCUT2D eigenvalue weighted by atomic mass is 16.5. The van der Waals surface area contributed by atoms with Crippen molar-refractivity contribution >= 4 is 11.9 Å². The molecule has 7 nitrogen and oxygen atoms in total. The van der Waals surface area contributed by atoms with Crippen molar-refractivity contribution in [3.8, 4) is 11.5 Å². The van der Waals surface area contributed by atoms with Crippen LogP contribution < -0.4 is 9.47 Å². The maximum atomic E-state index is 12.3. The van der Waals surface area contributed by atoms with Gasteiger partial charge in [-0.1, -0.05) is 24.3 Å². The van der Waals surface area contributed by atoms with E-state index in [0.29, 0.717) is 19.0 Å². The van der Waals surface area contributed by atoms with Crippen molar-refractivity contribution in [3.63, 3.8) is 0 Å². The Morgan fingerprint density at radius 3 is 1.81 bits per heavy atom. The van der Waals surface area contributed by atoms with Gasteiger partial charge in [0.1, 0.15) is 24.7 Å². The molecule has 2 aromatic rings. The zero-order valence-corrected chi connectivity index (χ0v) is 18.0. The van der Waals surface area contributed by atoms with Crippen molar-refractivity contribution in [2.24, 2.45) is 5.92 Å². The summed E-state index contributed by atoms with van der Waals surface area (Å²) in [5, 5.41) is 8.65. The van der Waals surface area contributed by atoms with E-state index in [1.807, 2.05) is 24.3 Å². The van der Waals surface area contributed by atoms with Crippen LogP contribution >= 0.6 is 0 Å². The molecule has 1 N–H and O–H groups in total. The van der Waals surface area contributed by atoms with Crippen LogP contribution in [0.15, 0.2) is 48.5 Å². The molecule has 7 heteroatoms. The maximum Gasteiger partial charge on any atom is 0.329 e. The number of carboxylic acid groups (broad SMARTS) is 1. The molecular weight excluding hydrogens is 398 g/mol. The fraction of sp³-hybridized carbons (Fsp3) is 0.417. The molecule has 1 heterocycles. The number of benzene rings is 2. The lowest BCUT2D eigenvalue weighted by Crippen LogP contribution is -2.41. The van der Waals surface area contributed by atoms with Crippen molar-refractivity contribution < 1.29 is 28.9 Å². The number of aliphatic carboxylic acids is 1. The van der Waals surface area contributed by atoms with Gasteiger partial charge in [-0.25, -0.2) is 4.79 Å². The van der Waals surface area contributed by atoms with E-state index in [-0.39, 0.29) is 18.4 Å². The molecule has 3 rings (SSSR count). The van der Waals surface area contributed by atoms with Gasteiger partial charge in [0.25, 0.3) is 0 Å². The van der Waals surface area contributed by atoms with Crippen molar-refractivity contribution in [3.05, 3.63) is 59.7 Å². The summed E-state index contributed by atoms with van der Waals surface area (Å²) in [5.41, 5.74) is 2.42. The third-order valence-electron chi connectivity index (χ3n) is 5.76. The minimum atomic E-state index is -1.08. The maximum absolute atomic E-state index is 12.3. The van der Waals surface area contributed by atoms with Crippen LogP contribution in [0, 0.1) is 5.92 Å². The van der Waals surface area contributed by atoms with Crippen LogP contribution in [-0.4, -0.2) is 62.4 Å². The third kappa shape index (κ3) is 5.98. The average Bonchev–Trinajstić information content (AvgIpc) is 2.80. The SMILES string of the molecule is COc1ccc(C(c2ccc(OC)cc2)C2CCN(C(=O)COCC(=O)O)CC2)cc1. The zero-order chi connectivity index (χ0) is 22.2. The fourth-order valence-corrected chi connectivity index (χ4v) is 4.16. The lowest BCUT2D eigenvalue weighted by Gasteiger charge is -2.36. The number of carbonyl (C=O) groups excluding carboxylic acids is 1. The van der Waals surface area contributed by atoms with Crippen LogP contribution in [-0.2, 0) is 14.3 Å². The van der Waals surface area contributed by atoms with E-state index in [9.17, 15) is 9.59 Å². The summed E-state index contributed by atoms with van der Waals surface area (Å²) in [6.07, 6.45) is 1.71. The summed E-state index contributed by atoms with van der Waals surface area (Å²) in [5.74, 6) is 0.958. The Kier molecular flexibility index (Phi) is 7.89. The van der Waals surface area contributed by atoms with Crippen LogP contribution in [0.2, 0.25) is 0 Å². The highest BCUT2D eigenvalue weighted by Crippen LogP contribution is 2.39. The number of hydrogen-bond acceptors (Lipinski definition) is 5. The lowest BCUT2D eigenvalue weighted by molar-refractivity contribution is -0.146. The van der Waals surface area contributed by atoms with Crippen LogP contribution in [0.25, 0.3) is 0 Å². The van der Waals surface area contributed by atoms with Gasteiger partial charge in [0.15, 0.2) is 0 Å². The van der Waals surface area contributed by atoms with Gasteiger partial charge in [-0.2, -0.15) is 0 Å². The predicted octanol–water partition coefficient (Wildman–Crippen LogP) is 3.18. The molecule has 0 spiro atoms. The van der Waals surface area contributed by atoms with Gasteiger partial charge in [0.05, 0.1) is 14.2 Å². The second-order valence-electron chi connectivity index (χ2n) is 7.63. The van der Waals surface area contributed by atoms with E-state index >= 15 is 0 Å². The molecule has 1 aliphatic rings. The molecular formula is C24H29NO6. The molecule has 1 aliphatic heterocycles. The Morgan fingerprint density at radius 2 is 1.39 bits per heavy atom. The van der Waals surface area contributed by atoms with E-state index in [4.69, 9.17) is 19.3 Å². The molecule has 31 heavy (non-hydrogen) atoms. The Balaban J connectivity index is 1.72. The van der Waals surface area contributed by atoms with Crippen molar-refractivity contribution in [1.29, 1.82) is 0 Å². The summed E-state index contributed by atoms with van der Waals surface area (Å²) >= 11 is 0. The Bertz CT molecular complexity index is 809. The number of methoxy groups -OCH3 is 2. The standard InChI is InChI=1S/C24H29NO6/c1-29-20-7-3-17(4-8-20)24(18-5-9-21(30-2)10-6-18)19-11-13-25(14-12-19)22(26)15-31-16-23(27)28/h3-10,19,24H,11-16H2,1-2H3,(H,27,28). The Hall–Kier alpha value is -3.06. The van der Waals surface area contributed by atoms with Crippen LogP contribution in [0.1, 0.15) is 29.9 Å². The van der Waals surface area contributed by atoms with E-state index < -0.39 is 12.6 Å². The summed E-state index contributed by atoms with van der Waals surface area (Å²) in [6, 6.07) is 16.3. The van der Waals surface area contributed by atoms with Gasteiger partial charge in [-0.05, 0) is 54.2 Å². The average molecular weight is 427 g/mol. The molecule has 0 aliphatic carbocycles. The minimum Gasteiger partial charge on any atom is -0.497 e. The largest absolute Gasteiger partial charge is 0.497 e. The number of hydrogen-bond donors (Lipinski definition) is 1. The number of rotatable bonds is 9. The van der Waals surface area contributed by atoms with Crippen molar-refractivity contribution in [2.75, 3.05) is 40.5 Å². The number of amides is 1. The molecule has 1 fully saturated rings. The number of carbonyl (C=O) groups is 2. The summed E-state index contributed by atoms with van der Waals surface area (Å²) in [7, 11) is 3.31. The lowest BCUT2D eigenvalue weighted by atomic mass is 9.76. The van der Waals surface area contributed by atoms with Crippen molar-refractivity contribution in [2.45, 2.75) is 18.8 Å². The molecule has 2 aromatic carbocycles. The minimum absolute atomic E-state index is 0.162. The number of ether oxygens (including phenoxy) is 3. The van der Waals surface area contributed by atoms with Gasteiger partial charge < -0.3 is 24.2 Å². The smallest absolute Gasteiger partial charge is 0.329 e. The zero-order valence-electron chi connectivity index (χ0n) is 18.0. The van der Waals surface area contributed by atoms with Crippen LogP contribution in [0.4, 0.5) is 0 Å². The van der Waals surface area contributed by atoms with Crippen LogP contribution in [0.5, 0.6) is 11.5 Å². The molecule has 0 radical (unpaired) electrons. The van der Waals surface area contributed by atoms with E-state index in [1.54, 1.807) is 19.1 Å². The molecule has 166 valence electrons. The summed E-state index contributed by atoms with van der Waals surface area (Å²) in [4.78, 5) is 24.6. The highest BCUT2D eigenvalue weighted by Gasteiger charge is 2.30. The Labute approximate surface area is 182 Å². The Morgan fingerprint density at radius 1 is 0.903 bits per heavy atom. The van der Waals surface area contributed by atoms with E-state index in [0.717, 1.165) is 24.3 Å². The molecule has 0 unspecified atom stereocenters. The number of nitrogens with zero attached hydrogens (tertiary/aromatic N) is 1. The molecule has 1 saturated heterocycles. The first-order valence-electron chi connectivity index (χ1n) is 10.4. The third-order valence-corrected chi connectivity index (χ3v) is 5.76.